The molecular weight excluding hydrogens is 294 g/mol. The molecule has 0 saturated heterocycles. The van der Waals surface area contributed by atoms with Gasteiger partial charge in [-0.1, -0.05) is 0 Å². The van der Waals surface area contributed by atoms with Crippen molar-refractivity contribution in [1.29, 1.82) is 0 Å². The summed E-state index contributed by atoms with van der Waals surface area (Å²) in [5.74, 6) is -1.15. The van der Waals surface area contributed by atoms with Gasteiger partial charge in [0.15, 0.2) is 5.09 Å². The first-order valence-electron chi connectivity index (χ1n) is 4.28. The zero-order chi connectivity index (χ0) is 11.5. The fraction of sp³-hybridized carbons (Fsp3) is 0. The minimum Gasteiger partial charge on any atom is -0.475 e. The molecule has 0 radical (unpaired) electrons. The third-order valence-electron chi connectivity index (χ3n) is 1.71. The molecule has 1 N–H and O–H groups in total. The van der Waals surface area contributed by atoms with E-state index in [2.05, 4.69) is 20.9 Å². The van der Waals surface area contributed by atoms with Crippen LogP contribution in [0.25, 0.3) is 0 Å². The van der Waals surface area contributed by atoms with E-state index >= 15 is 0 Å². The third kappa shape index (κ3) is 2.45. The lowest BCUT2D eigenvalue weighted by Crippen LogP contribution is -1.91. The lowest BCUT2D eigenvalue weighted by Gasteiger charge is -1.98. The number of hydrogen-bond donors (Lipinski definition) is 1. The number of carboxylic acid groups (broad SMARTS) is 1. The van der Waals surface area contributed by atoms with Crippen LogP contribution in [0.5, 0.6) is 0 Å². The molecule has 0 fully saturated rings. The Morgan fingerprint density at radius 1 is 1.44 bits per heavy atom. The van der Waals surface area contributed by atoms with Gasteiger partial charge in [-0.3, -0.25) is 0 Å². The highest BCUT2D eigenvalue weighted by Gasteiger charge is 2.11. The summed E-state index contributed by atoms with van der Waals surface area (Å²) in [5.41, 5.74) is 0. The maximum absolute atomic E-state index is 10.6. The van der Waals surface area contributed by atoms with E-state index in [1.54, 1.807) is 18.3 Å². The van der Waals surface area contributed by atoms with Crippen LogP contribution in [0.2, 0.25) is 0 Å². The predicted octanol–water partition coefficient (Wildman–Crippen LogP) is 3.29. The van der Waals surface area contributed by atoms with Crippen LogP contribution in [0.1, 0.15) is 10.6 Å². The topological polar surface area (TPSA) is 63.3 Å². The van der Waals surface area contributed by atoms with Gasteiger partial charge in [0.05, 0.1) is 4.47 Å². The van der Waals surface area contributed by atoms with E-state index in [4.69, 9.17) is 9.52 Å². The van der Waals surface area contributed by atoms with Crippen LogP contribution in [0, 0.1) is 0 Å². The Bertz CT molecular complexity index is 526. The molecule has 16 heavy (non-hydrogen) atoms. The number of aromatic nitrogens is 1. The third-order valence-corrected chi connectivity index (χ3v) is 3.56. The van der Waals surface area contributed by atoms with Crippen molar-refractivity contribution in [3.63, 3.8) is 0 Å². The van der Waals surface area contributed by atoms with E-state index in [9.17, 15) is 4.79 Å². The lowest BCUT2D eigenvalue weighted by molar-refractivity contribution is 0.0656. The van der Waals surface area contributed by atoms with Crippen molar-refractivity contribution in [3.05, 3.63) is 40.7 Å². The van der Waals surface area contributed by atoms with Crippen LogP contribution in [-0.2, 0) is 0 Å². The molecule has 0 aliphatic rings. The average molecular weight is 300 g/mol. The van der Waals surface area contributed by atoms with Crippen molar-refractivity contribution in [2.24, 2.45) is 0 Å². The van der Waals surface area contributed by atoms with Crippen LogP contribution in [0.15, 0.2) is 49.5 Å². The number of aromatic carboxylic acids is 1. The molecule has 2 aromatic rings. The second-order valence-corrected chi connectivity index (χ2v) is 4.66. The Morgan fingerprint density at radius 3 is 2.88 bits per heavy atom. The second-order valence-electron chi connectivity index (χ2n) is 2.82. The minimum absolute atomic E-state index is 0.0745. The van der Waals surface area contributed by atoms with Gasteiger partial charge in [0, 0.05) is 6.20 Å². The van der Waals surface area contributed by atoms with Gasteiger partial charge in [-0.05, 0) is 52.0 Å². The fourth-order valence-corrected chi connectivity index (χ4v) is 2.27. The quantitative estimate of drug-likeness (QED) is 0.942. The highest BCUT2D eigenvalue weighted by atomic mass is 79.9. The number of rotatable bonds is 3. The van der Waals surface area contributed by atoms with Gasteiger partial charge in [0.2, 0.25) is 5.76 Å². The Morgan fingerprint density at radius 2 is 2.25 bits per heavy atom. The van der Waals surface area contributed by atoms with E-state index < -0.39 is 5.97 Å². The van der Waals surface area contributed by atoms with Gasteiger partial charge < -0.3 is 9.52 Å². The Hall–Kier alpha value is -1.27. The van der Waals surface area contributed by atoms with E-state index in [0.29, 0.717) is 5.09 Å². The first-order chi connectivity index (χ1) is 7.66. The van der Waals surface area contributed by atoms with Crippen molar-refractivity contribution >= 4 is 33.7 Å². The molecule has 0 aliphatic heterocycles. The summed E-state index contributed by atoms with van der Waals surface area (Å²) >= 11 is 4.61. The largest absolute Gasteiger partial charge is 0.475 e. The van der Waals surface area contributed by atoms with Gasteiger partial charge in [-0.25, -0.2) is 9.78 Å². The molecule has 2 heterocycles. The van der Waals surface area contributed by atoms with Crippen molar-refractivity contribution in [2.45, 2.75) is 10.1 Å². The van der Waals surface area contributed by atoms with Gasteiger partial charge in [-0.2, -0.15) is 0 Å². The molecule has 0 aromatic carbocycles. The van der Waals surface area contributed by atoms with Crippen molar-refractivity contribution in [3.8, 4) is 0 Å². The normalized spacial score (nSPS) is 10.3. The monoisotopic (exact) mass is 299 g/mol. The molecule has 0 bridgehead atoms. The fourth-order valence-electron chi connectivity index (χ4n) is 1.03. The number of hydrogen-bond acceptors (Lipinski definition) is 4. The summed E-state index contributed by atoms with van der Waals surface area (Å²) in [6.45, 7) is 0. The van der Waals surface area contributed by atoms with Crippen LogP contribution in [0.4, 0.5) is 0 Å². The maximum atomic E-state index is 10.6. The molecule has 0 spiro atoms. The summed E-state index contributed by atoms with van der Waals surface area (Å²) in [6, 6.07) is 6.69. The minimum atomic E-state index is -1.08. The molecule has 0 unspecified atom stereocenters. The molecule has 0 atom stereocenters. The molecule has 82 valence electrons. The van der Waals surface area contributed by atoms with Gasteiger partial charge >= 0.3 is 5.97 Å². The summed E-state index contributed by atoms with van der Waals surface area (Å²) in [6.07, 6.45) is 1.66. The molecule has 2 aromatic heterocycles. The number of carbonyl (C=O) groups is 1. The van der Waals surface area contributed by atoms with E-state index in [-0.39, 0.29) is 5.76 Å². The van der Waals surface area contributed by atoms with Gasteiger partial charge in [0.1, 0.15) is 5.03 Å². The molecule has 0 saturated carbocycles. The Balaban J connectivity index is 2.21. The average Bonchev–Trinajstić information content (AvgIpc) is 2.70. The van der Waals surface area contributed by atoms with E-state index in [1.807, 2.05) is 6.07 Å². The summed E-state index contributed by atoms with van der Waals surface area (Å²) < 4.78 is 5.95. The molecule has 6 heteroatoms. The first-order valence-corrected chi connectivity index (χ1v) is 5.89. The van der Waals surface area contributed by atoms with Gasteiger partial charge in [0.25, 0.3) is 0 Å². The highest BCUT2D eigenvalue weighted by molar-refractivity contribution is 9.10. The smallest absolute Gasteiger partial charge is 0.371 e. The van der Waals surface area contributed by atoms with Crippen LogP contribution >= 0.6 is 27.7 Å². The highest BCUT2D eigenvalue weighted by Crippen LogP contribution is 2.32. The summed E-state index contributed by atoms with van der Waals surface area (Å²) in [5, 5.41) is 9.92. The number of nitrogens with zero attached hydrogens (tertiary/aromatic N) is 1. The van der Waals surface area contributed by atoms with Gasteiger partial charge in [-0.15, -0.1) is 0 Å². The predicted molar refractivity (Wildman–Crippen MR) is 61.7 cm³/mol. The van der Waals surface area contributed by atoms with E-state index in [1.165, 1.54) is 17.8 Å². The molecule has 2 rings (SSSR count). The van der Waals surface area contributed by atoms with Crippen LogP contribution < -0.4 is 0 Å². The SMILES string of the molecule is O=C(O)c1ccc(Sc2ncccc2Br)o1. The number of carboxylic acids is 1. The zero-order valence-corrected chi connectivity index (χ0v) is 10.3. The van der Waals surface area contributed by atoms with Crippen molar-refractivity contribution in [1.82, 2.24) is 4.98 Å². The number of furan rings is 1. The van der Waals surface area contributed by atoms with Crippen molar-refractivity contribution in [2.75, 3.05) is 0 Å². The zero-order valence-electron chi connectivity index (χ0n) is 7.88. The molecule has 0 aliphatic carbocycles. The van der Waals surface area contributed by atoms with E-state index in [0.717, 1.165) is 9.50 Å². The standard InChI is InChI=1S/C10H6BrNO3S/c11-6-2-1-5-12-9(6)16-8-4-3-7(15-8)10(13)14/h1-5H,(H,13,14). The second kappa shape index (κ2) is 4.71. The number of pyridine rings is 1. The van der Waals surface area contributed by atoms with Crippen molar-refractivity contribution < 1.29 is 14.3 Å². The number of halogens is 1. The Kier molecular flexibility index (Phi) is 3.31. The van der Waals surface area contributed by atoms with Crippen LogP contribution in [0.3, 0.4) is 0 Å². The molecule has 0 amide bonds. The molecular formula is C10H6BrNO3S. The Labute approximate surface area is 104 Å². The maximum Gasteiger partial charge on any atom is 0.371 e. The van der Waals surface area contributed by atoms with Crippen LogP contribution in [-0.4, -0.2) is 16.1 Å². The lowest BCUT2D eigenvalue weighted by atomic mass is 10.5. The summed E-state index contributed by atoms with van der Waals surface area (Å²) in [4.78, 5) is 14.7. The molecule has 4 nitrogen and oxygen atoms in total. The first kappa shape index (κ1) is 11.2. The summed E-state index contributed by atoms with van der Waals surface area (Å²) in [7, 11) is 0.